The number of carbonyl (C=O) groups is 2. The number of carbonyl (C=O) groups excluding carboxylic acids is 1. The molecule has 116 valence electrons. The van der Waals surface area contributed by atoms with Crippen molar-refractivity contribution < 1.29 is 19.4 Å². The van der Waals surface area contributed by atoms with Gasteiger partial charge in [-0.3, -0.25) is 9.59 Å². The molecule has 0 aliphatic carbocycles. The number of hydrogen-bond acceptors (Lipinski definition) is 3. The first kappa shape index (κ1) is 17.6. The second-order valence-corrected chi connectivity index (χ2v) is 5.36. The highest BCUT2D eigenvalue weighted by atomic mass is 35.5. The Balaban J connectivity index is 2.36. The van der Waals surface area contributed by atoms with Crippen LogP contribution in [-0.4, -0.2) is 30.1 Å². The van der Waals surface area contributed by atoms with E-state index < -0.39 is 5.97 Å². The van der Waals surface area contributed by atoms with Crippen LogP contribution in [0.15, 0.2) is 18.2 Å². The van der Waals surface area contributed by atoms with E-state index in [9.17, 15) is 9.59 Å². The number of halogens is 2. The average molecular weight is 334 g/mol. The molecule has 0 saturated carbocycles. The van der Waals surface area contributed by atoms with Crippen molar-refractivity contribution in [1.82, 2.24) is 5.32 Å². The summed E-state index contributed by atoms with van der Waals surface area (Å²) in [5.41, 5.74) is 0. The molecule has 7 heteroatoms. The highest BCUT2D eigenvalue weighted by Crippen LogP contribution is 2.26. The van der Waals surface area contributed by atoms with Crippen molar-refractivity contribution in [2.24, 2.45) is 5.92 Å². The van der Waals surface area contributed by atoms with Crippen LogP contribution in [0.25, 0.3) is 0 Å². The number of carboxylic acids is 1. The minimum atomic E-state index is -0.872. The summed E-state index contributed by atoms with van der Waals surface area (Å²) in [6.07, 6.45) is 0.713. The van der Waals surface area contributed by atoms with Gasteiger partial charge in [-0.05, 0) is 18.1 Å². The predicted molar refractivity (Wildman–Crippen MR) is 81.0 cm³/mol. The quantitative estimate of drug-likeness (QED) is 0.766. The van der Waals surface area contributed by atoms with Gasteiger partial charge in [0.05, 0.1) is 10.0 Å². The number of aliphatic carboxylic acids is 1. The summed E-state index contributed by atoms with van der Waals surface area (Å²) in [5.74, 6) is -0.832. The number of carboxylic acid groups (broad SMARTS) is 1. The van der Waals surface area contributed by atoms with Crippen molar-refractivity contribution in [2.45, 2.75) is 19.8 Å². The molecule has 1 rings (SSSR count). The summed E-state index contributed by atoms with van der Waals surface area (Å²) in [4.78, 5) is 22.3. The molecule has 1 aromatic carbocycles. The normalized spacial score (nSPS) is 11.8. The van der Waals surface area contributed by atoms with E-state index in [1.165, 1.54) is 6.07 Å². The zero-order valence-electron chi connectivity index (χ0n) is 11.6. The van der Waals surface area contributed by atoms with Crippen LogP contribution in [0.4, 0.5) is 0 Å². The molecular weight excluding hydrogens is 317 g/mol. The second kappa shape index (κ2) is 8.74. The number of rotatable bonds is 8. The van der Waals surface area contributed by atoms with E-state index in [0.717, 1.165) is 0 Å². The molecule has 0 aromatic heterocycles. The summed E-state index contributed by atoms with van der Waals surface area (Å²) in [6, 6.07) is 4.72. The number of amides is 1. The number of hydrogen-bond donors (Lipinski definition) is 2. The molecule has 0 heterocycles. The lowest BCUT2D eigenvalue weighted by Gasteiger charge is -2.13. The van der Waals surface area contributed by atoms with Crippen LogP contribution in [0.2, 0.25) is 10.0 Å². The van der Waals surface area contributed by atoms with Crippen molar-refractivity contribution in [3.63, 3.8) is 0 Å². The van der Waals surface area contributed by atoms with Gasteiger partial charge in [0.1, 0.15) is 5.75 Å². The van der Waals surface area contributed by atoms with E-state index in [1.807, 2.05) is 6.92 Å². The SMILES string of the molecule is CCC(CNC(=O)COc1ccc(Cl)c(Cl)c1)CC(=O)O. The molecule has 21 heavy (non-hydrogen) atoms. The van der Waals surface area contributed by atoms with Crippen molar-refractivity contribution in [3.05, 3.63) is 28.2 Å². The highest BCUT2D eigenvalue weighted by Gasteiger charge is 2.12. The molecule has 0 aliphatic rings. The van der Waals surface area contributed by atoms with Gasteiger partial charge in [-0.2, -0.15) is 0 Å². The van der Waals surface area contributed by atoms with Crippen LogP contribution in [0.3, 0.4) is 0 Å². The Bertz CT molecular complexity index is 508. The summed E-state index contributed by atoms with van der Waals surface area (Å²) >= 11 is 11.6. The molecule has 0 radical (unpaired) electrons. The van der Waals surface area contributed by atoms with Gasteiger partial charge in [0.15, 0.2) is 6.61 Å². The van der Waals surface area contributed by atoms with Crippen LogP contribution in [0.1, 0.15) is 19.8 Å². The van der Waals surface area contributed by atoms with E-state index in [4.69, 9.17) is 33.0 Å². The van der Waals surface area contributed by atoms with E-state index >= 15 is 0 Å². The Morgan fingerprint density at radius 1 is 1.33 bits per heavy atom. The molecule has 0 spiro atoms. The van der Waals surface area contributed by atoms with E-state index in [-0.39, 0.29) is 24.9 Å². The van der Waals surface area contributed by atoms with E-state index in [0.29, 0.717) is 28.8 Å². The Kier molecular flexibility index (Phi) is 7.32. The maximum absolute atomic E-state index is 11.6. The maximum Gasteiger partial charge on any atom is 0.303 e. The number of benzene rings is 1. The second-order valence-electron chi connectivity index (χ2n) is 4.54. The minimum absolute atomic E-state index is 0.0322. The Morgan fingerprint density at radius 3 is 2.62 bits per heavy atom. The molecule has 0 bridgehead atoms. The lowest BCUT2D eigenvalue weighted by atomic mass is 10.0. The summed E-state index contributed by atoms with van der Waals surface area (Å²) in [7, 11) is 0. The fraction of sp³-hybridized carbons (Fsp3) is 0.429. The maximum atomic E-state index is 11.6. The van der Waals surface area contributed by atoms with Gasteiger partial charge in [0, 0.05) is 19.0 Å². The first-order chi connectivity index (χ1) is 9.92. The molecular formula is C14H17Cl2NO4. The molecule has 5 nitrogen and oxygen atoms in total. The van der Waals surface area contributed by atoms with Crippen molar-refractivity contribution in [1.29, 1.82) is 0 Å². The number of ether oxygens (including phenoxy) is 1. The highest BCUT2D eigenvalue weighted by molar-refractivity contribution is 6.42. The Morgan fingerprint density at radius 2 is 2.05 bits per heavy atom. The molecule has 1 atom stereocenters. The van der Waals surface area contributed by atoms with Crippen molar-refractivity contribution >= 4 is 35.1 Å². The van der Waals surface area contributed by atoms with Gasteiger partial charge < -0.3 is 15.2 Å². The molecule has 0 fully saturated rings. The van der Waals surface area contributed by atoms with Gasteiger partial charge in [-0.1, -0.05) is 36.5 Å². The number of nitrogens with one attached hydrogen (secondary N) is 1. The molecule has 0 aliphatic heterocycles. The molecule has 1 amide bonds. The van der Waals surface area contributed by atoms with Crippen molar-refractivity contribution in [3.8, 4) is 5.75 Å². The lowest BCUT2D eigenvalue weighted by Crippen LogP contribution is -2.33. The third-order valence-electron chi connectivity index (χ3n) is 2.89. The topological polar surface area (TPSA) is 75.6 Å². The minimum Gasteiger partial charge on any atom is -0.484 e. The first-order valence-electron chi connectivity index (χ1n) is 6.48. The third kappa shape index (κ3) is 6.69. The van der Waals surface area contributed by atoms with E-state index in [2.05, 4.69) is 5.32 Å². The van der Waals surface area contributed by atoms with Crippen LogP contribution in [0.5, 0.6) is 5.75 Å². The van der Waals surface area contributed by atoms with Gasteiger partial charge in [0.2, 0.25) is 0 Å². The monoisotopic (exact) mass is 333 g/mol. The molecule has 1 unspecified atom stereocenters. The first-order valence-corrected chi connectivity index (χ1v) is 7.24. The van der Waals surface area contributed by atoms with Crippen molar-refractivity contribution in [2.75, 3.05) is 13.2 Å². The lowest BCUT2D eigenvalue weighted by molar-refractivity contribution is -0.138. The largest absolute Gasteiger partial charge is 0.484 e. The fourth-order valence-electron chi connectivity index (χ4n) is 1.63. The van der Waals surface area contributed by atoms with Gasteiger partial charge in [-0.25, -0.2) is 0 Å². The van der Waals surface area contributed by atoms with Gasteiger partial charge in [0.25, 0.3) is 5.91 Å². The zero-order chi connectivity index (χ0) is 15.8. The van der Waals surface area contributed by atoms with Crippen LogP contribution < -0.4 is 10.1 Å². The van der Waals surface area contributed by atoms with Crippen LogP contribution >= 0.6 is 23.2 Å². The standard InChI is InChI=1S/C14H17Cl2NO4/c1-2-9(5-14(19)20)7-17-13(18)8-21-10-3-4-11(15)12(16)6-10/h3-4,6,9H,2,5,7-8H2,1H3,(H,17,18)(H,19,20). The summed E-state index contributed by atoms with van der Waals surface area (Å²) in [6.45, 7) is 2.03. The molecule has 0 saturated heterocycles. The third-order valence-corrected chi connectivity index (χ3v) is 3.63. The Labute approximate surface area is 133 Å². The van der Waals surface area contributed by atoms with Gasteiger partial charge >= 0.3 is 5.97 Å². The van der Waals surface area contributed by atoms with Crippen LogP contribution in [0, 0.1) is 5.92 Å². The fourth-order valence-corrected chi connectivity index (χ4v) is 1.92. The van der Waals surface area contributed by atoms with Gasteiger partial charge in [-0.15, -0.1) is 0 Å². The molecule has 1 aromatic rings. The average Bonchev–Trinajstić information content (AvgIpc) is 2.44. The van der Waals surface area contributed by atoms with Crippen LogP contribution in [-0.2, 0) is 9.59 Å². The smallest absolute Gasteiger partial charge is 0.303 e. The Hall–Kier alpha value is -1.46. The summed E-state index contributed by atoms with van der Waals surface area (Å²) in [5, 5.41) is 12.1. The predicted octanol–water partition coefficient (Wildman–Crippen LogP) is 2.99. The zero-order valence-corrected chi connectivity index (χ0v) is 13.1. The van der Waals surface area contributed by atoms with E-state index in [1.54, 1.807) is 12.1 Å². The summed E-state index contributed by atoms with van der Waals surface area (Å²) < 4.78 is 5.28. The molecule has 2 N–H and O–H groups in total.